The molecule has 0 spiro atoms. The largest absolute Gasteiger partial charge is 0.416 e. The van der Waals surface area contributed by atoms with Crippen LogP contribution in [0.4, 0.5) is 28.9 Å². The third-order valence-electron chi connectivity index (χ3n) is 4.31. The first-order chi connectivity index (χ1) is 12.8. The van der Waals surface area contributed by atoms with Crippen molar-refractivity contribution in [1.82, 2.24) is 9.88 Å². The molecule has 2 aromatic rings. The molecule has 2 heterocycles. The number of anilines is 2. The zero-order chi connectivity index (χ0) is 19.4. The van der Waals surface area contributed by atoms with Crippen LogP contribution in [-0.4, -0.2) is 48.5 Å². The van der Waals surface area contributed by atoms with Gasteiger partial charge in [0.25, 0.3) is 0 Å². The van der Waals surface area contributed by atoms with Gasteiger partial charge in [-0.15, -0.1) is 0 Å². The van der Waals surface area contributed by atoms with Crippen molar-refractivity contribution in [2.75, 3.05) is 42.9 Å². The van der Waals surface area contributed by atoms with E-state index in [2.05, 4.69) is 10.3 Å². The Kier molecular flexibility index (Phi) is 5.59. The second-order valence-electron chi connectivity index (χ2n) is 6.22. The third-order valence-corrected chi connectivity index (χ3v) is 4.31. The van der Waals surface area contributed by atoms with Crippen molar-refractivity contribution >= 4 is 17.3 Å². The zero-order valence-corrected chi connectivity index (χ0v) is 14.3. The van der Waals surface area contributed by atoms with Gasteiger partial charge in [0, 0.05) is 49.8 Å². The van der Waals surface area contributed by atoms with Crippen LogP contribution in [0, 0.1) is 5.95 Å². The minimum atomic E-state index is -4.40. The number of piperazine rings is 1. The fourth-order valence-electron chi connectivity index (χ4n) is 2.90. The first-order valence-corrected chi connectivity index (χ1v) is 8.37. The number of alkyl halides is 3. The van der Waals surface area contributed by atoms with Gasteiger partial charge in [0.15, 0.2) is 0 Å². The van der Waals surface area contributed by atoms with E-state index >= 15 is 0 Å². The number of carbonyl (C=O) groups is 1. The van der Waals surface area contributed by atoms with Crippen molar-refractivity contribution in [3.8, 4) is 0 Å². The first-order valence-electron chi connectivity index (χ1n) is 8.37. The van der Waals surface area contributed by atoms with E-state index in [1.165, 1.54) is 24.4 Å². The number of nitrogens with one attached hydrogen (secondary N) is 1. The Morgan fingerprint density at radius 2 is 1.74 bits per heavy atom. The number of carbonyl (C=O) groups excluding carboxylic acids is 1. The van der Waals surface area contributed by atoms with Crippen LogP contribution in [0.15, 0.2) is 42.6 Å². The Balaban J connectivity index is 1.48. The molecule has 1 fully saturated rings. The number of benzene rings is 1. The first kappa shape index (κ1) is 19.1. The lowest BCUT2D eigenvalue weighted by Gasteiger charge is -2.35. The maximum absolute atomic E-state index is 13.2. The van der Waals surface area contributed by atoms with Crippen LogP contribution in [0.2, 0.25) is 0 Å². The summed E-state index contributed by atoms with van der Waals surface area (Å²) in [6, 6.07) is 7.43. The molecule has 0 saturated carbocycles. The summed E-state index contributed by atoms with van der Waals surface area (Å²) in [5, 5.41) is 2.60. The highest BCUT2D eigenvalue weighted by atomic mass is 19.4. The van der Waals surface area contributed by atoms with Crippen LogP contribution in [0.25, 0.3) is 0 Å². The van der Waals surface area contributed by atoms with Gasteiger partial charge < -0.3 is 10.2 Å². The van der Waals surface area contributed by atoms with E-state index < -0.39 is 17.7 Å². The van der Waals surface area contributed by atoms with E-state index in [4.69, 9.17) is 0 Å². The molecule has 1 N–H and O–H groups in total. The highest BCUT2D eigenvalue weighted by Gasteiger charge is 2.30. The zero-order valence-electron chi connectivity index (χ0n) is 14.3. The Morgan fingerprint density at radius 1 is 1.07 bits per heavy atom. The summed E-state index contributed by atoms with van der Waals surface area (Å²) in [7, 11) is 0. The molecule has 0 bridgehead atoms. The molecular formula is C18H18F4N4O. The lowest BCUT2D eigenvalue weighted by atomic mass is 10.2. The Morgan fingerprint density at radius 3 is 2.33 bits per heavy atom. The minimum Gasteiger partial charge on any atom is -0.369 e. The van der Waals surface area contributed by atoms with Crippen molar-refractivity contribution in [3.63, 3.8) is 0 Å². The molecule has 9 heteroatoms. The normalized spacial score (nSPS) is 15.6. The van der Waals surface area contributed by atoms with E-state index in [1.54, 1.807) is 6.07 Å². The van der Waals surface area contributed by atoms with Gasteiger partial charge in [-0.2, -0.15) is 17.6 Å². The van der Waals surface area contributed by atoms with Crippen molar-refractivity contribution in [1.29, 1.82) is 0 Å². The fraction of sp³-hybridized carbons (Fsp3) is 0.333. The molecule has 0 unspecified atom stereocenters. The van der Waals surface area contributed by atoms with E-state index in [-0.39, 0.29) is 12.5 Å². The van der Waals surface area contributed by atoms with E-state index in [0.29, 0.717) is 31.9 Å². The fourth-order valence-corrected chi connectivity index (χ4v) is 2.90. The molecule has 1 aromatic carbocycles. The second-order valence-corrected chi connectivity index (χ2v) is 6.22. The average molecular weight is 382 g/mol. The highest BCUT2D eigenvalue weighted by molar-refractivity contribution is 5.92. The van der Waals surface area contributed by atoms with Gasteiger partial charge in [-0.05, 0) is 30.3 Å². The minimum absolute atomic E-state index is 0.138. The molecule has 3 rings (SSSR count). The van der Waals surface area contributed by atoms with Crippen molar-refractivity contribution in [3.05, 3.63) is 54.1 Å². The maximum atomic E-state index is 13.2. The summed E-state index contributed by atoms with van der Waals surface area (Å²) in [5.41, 5.74) is 0.305. The predicted molar refractivity (Wildman–Crippen MR) is 92.9 cm³/mol. The lowest BCUT2D eigenvalue weighted by molar-refractivity contribution is -0.137. The van der Waals surface area contributed by atoms with Gasteiger partial charge in [-0.25, -0.2) is 4.98 Å². The molecule has 144 valence electrons. The molecule has 0 atom stereocenters. The van der Waals surface area contributed by atoms with E-state index in [0.717, 1.165) is 17.8 Å². The summed E-state index contributed by atoms with van der Waals surface area (Å²) in [4.78, 5) is 19.6. The van der Waals surface area contributed by atoms with Crippen LogP contribution >= 0.6 is 0 Å². The number of pyridine rings is 1. The Labute approximate surface area is 153 Å². The number of aromatic nitrogens is 1. The monoisotopic (exact) mass is 382 g/mol. The molecule has 1 aromatic heterocycles. The smallest absolute Gasteiger partial charge is 0.369 e. The quantitative estimate of drug-likeness (QED) is 0.653. The molecule has 27 heavy (non-hydrogen) atoms. The van der Waals surface area contributed by atoms with E-state index in [9.17, 15) is 22.4 Å². The standard InChI is InChI=1S/C18H18F4N4O/c19-16-11-15(5-6-23-16)26-9-7-25(8-10-26)12-17(27)24-14-3-1-13(2-4-14)18(20,21)22/h1-6,11H,7-10,12H2,(H,24,27). The van der Waals surface area contributed by atoms with Crippen LogP contribution in [0.1, 0.15) is 5.56 Å². The van der Waals surface area contributed by atoms with Gasteiger partial charge in [0.2, 0.25) is 11.9 Å². The molecular weight excluding hydrogens is 364 g/mol. The van der Waals surface area contributed by atoms with Gasteiger partial charge in [-0.3, -0.25) is 9.69 Å². The second kappa shape index (κ2) is 7.91. The van der Waals surface area contributed by atoms with Crippen LogP contribution in [0.3, 0.4) is 0 Å². The van der Waals surface area contributed by atoms with Crippen LogP contribution in [-0.2, 0) is 11.0 Å². The SMILES string of the molecule is O=C(CN1CCN(c2ccnc(F)c2)CC1)Nc1ccc(C(F)(F)F)cc1. The average Bonchev–Trinajstić information content (AvgIpc) is 2.62. The molecule has 5 nitrogen and oxygen atoms in total. The lowest BCUT2D eigenvalue weighted by Crippen LogP contribution is -2.48. The van der Waals surface area contributed by atoms with Crippen LogP contribution in [0.5, 0.6) is 0 Å². The third kappa shape index (κ3) is 5.16. The number of hydrogen-bond donors (Lipinski definition) is 1. The van der Waals surface area contributed by atoms with E-state index in [1.807, 2.05) is 9.80 Å². The summed E-state index contributed by atoms with van der Waals surface area (Å²) in [5.74, 6) is -0.830. The number of amides is 1. The molecule has 1 aliphatic heterocycles. The van der Waals surface area contributed by atoms with Gasteiger partial charge in [-0.1, -0.05) is 0 Å². The number of hydrogen-bond acceptors (Lipinski definition) is 4. The summed E-state index contributed by atoms with van der Waals surface area (Å²) < 4.78 is 50.8. The number of rotatable bonds is 4. The van der Waals surface area contributed by atoms with Gasteiger partial charge in [0.05, 0.1) is 12.1 Å². The van der Waals surface area contributed by atoms with Gasteiger partial charge in [0.1, 0.15) is 0 Å². The van der Waals surface area contributed by atoms with Crippen molar-refractivity contribution in [2.45, 2.75) is 6.18 Å². The van der Waals surface area contributed by atoms with Crippen LogP contribution < -0.4 is 10.2 Å². The number of halogens is 4. The molecule has 0 radical (unpaired) electrons. The van der Waals surface area contributed by atoms with Gasteiger partial charge >= 0.3 is 6.18 Å². The van der Waals surface area contributed by atoms with Crippen molar-refractivity contribution < 1.29 is 22.4 Å². The summed E-state index contributed by atoms with van der Waals surface area (Å²) >= 11 is 0. The Hall–Kier alpha value is -2.68. The Bertz CT molecular complexity index is 787. The highest BCUT2D eigenvalue weighted by Crippen LogP contribution is 2.29. The number of nitrogens with zero attached hydrogens (tertiary/aromatic N) is 3. The molecule has 1 amide bonds. The molecule has 0 aliphatic carbocycles. The topological polar surface area (TPSA) is 48.5 Å². The summed E-state index contributed by atoms with van der Waals surface area (Å²) in [6.45, 7) is 2.64. The maximum Gasteiger partial charge on any atom is 0.416 e. The molecule has 1 aliphatic rings. The molecule has 1 saturated heterocycles. The van der Waals surface area contributed by atoms with Crippen molar-refractivity contribution in [2.24, 2.45) is 0 Å². The predicted octanol–water partition coefficient (Wildman–Crippen LogP) is 3.00. The summed E-state index contributed by atoms with van der Waals surface area (Å²) in [6.07, 6.45) is -2.99.